The first-order valence-electron chi connectivity index (χ1n) is 4.84. The zero-order chi connectivity index (χ0) is 11.4. The Morgan fingerprint density at radius 1 is 1.50 bits per heavy atom. The van der Waals surface area contributed by atoms with Crippen molar-refractivity contribution in [1.29, 1.82) is 5.26 Å². The molecule has 1 aliphatic rings. The van der Waals surface area contributed by atoms with Gasteiger partial charge in [-0.15, -0.1) is 0 Å². The molecule has 0 fully saturated rings. The van der Waals surface area contributed by atoms with Gasteiger partial charge >= 0.3 is 0 Å². The second kappa shape index (κ2) is 4.53. The molecule has 16 heavy (non-hydrogen) atoms. The molecular formula is C11H10N2O3. The molecule has 1 unspecified atom stereocenters. The van der Waals surface area contributed by atoms with Crippen LogP contribution in [0.5, 0.6) is 11.5 Å². The van der Waals surface area contributed by atoms with E-state index >= 15 is 0 Å². The van der Waals surface area contributed by atoms with Crippen LogP contribution < -0.4 is 14.8 Å². The molecule has 1 N–H and O–H groups in total. The maximum Gasteiger partial charge on any atom is 0.265 e. The highest BCUT2D eigenvalue weighted by molar-refractivity contribution is 5.81. The van der Waals surface area contributed by atoms with Crippen LogP contribution in [0.3, 0.4) is 0 Å². The van der Waals surface area contributed by atoms with Gasteiger partial charge in [-0.1, -0.05) is 12.1 Å². The molecule has 0 radical (unpaired) electrons. The third kappa shape index (κ3) is 2.06. The minimum absolute atomic E-state index is 0.0274. The fraction of sp³-hybridized carbons (Fsp3) is 0.273. The van der Waals surface area contributed by atoms with Crippen LogP contribution in [-0.4, -0.2) is 25.2 Å². The van der Waals surface area contributed by atoms with Gasteiger partial charge in [0.2, 0.25) is 6.10 Å². The van der Waals surface area contributed by atoms with Gasteiger partial charge < -0.3 is 14.8 Å². The second-order valence-corrected chi connectivity index (χ2v) is 3.24. The van der Waals surface area contributed by atoms with Gasteiger partial charge in [-0.3, -0.25) is 4.79 Å². The van der Waals surface area contributed by atoms with Crippen LogP contribution in [0.15, 0.2) is 24.3 Å². The van der Waals surface area contributed by atoms with E-state index in [1.807, 2.05) is 12.1 Å². The number of benzene rings is 1. The van der Waals surface area contributed by atoms with Crippen molar-refractivity contribution < 1.29 is 14.3 Å². The molecule has 0 saturated heterocycles. The van der Waals surface area contributed by atoms with Crippen molar-refractivity contribution in [3.8, 4) is 17.6 Å². The summed E-state index contributed by atoms with van der Waals surface area (Å²) in [5, 5.41) is 10.8. The lowest BCUT2D eigenvalue weighted by molar-refractivity contribution is -0.130. The number of rotatable bonds is 2. The molecule has 1 heterocycles. The Kier molecular flexibility index (Phi) is 2.92. The highest BCUT2D eigenvalue weighted by Gasteiger charge is 2.26. The number of carbonyl (C=O) groups is 1. The smallest absolute Gasteiger partial charge is 0.265 e. The van der Waals surface area contributed by atoms with E-state index in [4.69, 9.17) is 14.7 Å². The fourth-order valence-electron chi connectivity index (χ4n) is 1.39. The SMILES string of the molecule is N#CCNC(=O)C1COc2ccccc2O1. The molecule has 2 rings (SSSR count). The molecular weight excluding hydrogens is 208 g/mol. The quantitative estimate of drug-likeness (QED) is 0.732. The third-order valence-electron chi connectivity index (χ3n) is 2.14. The van der Waals surface area contributed by atoms with Gasteiger partial charge in [-0.05, 0) is 12.1 Å². The van der Waals surface area contributed by atoms with Gasteiger partial charge in [0, 0.05) is 0 Å². The van der Waals surface area contributed by atoms with Crippen LogP contribution >= 0.6 is 0 Å². The van der Waals surface area contributed by atoms with Crippen LogP contribution in [0.4, 0.5) is 0 Å². The van der Waals surface area contributed by atoms with E-state index in [0.29, 0.717) is 11.5 Å². The Hall–Kier alpha value is -2.22. The molecule has 0 saturated carbocycles. The van der Waals surface area contributed by atoms with E-state index in [9.17, 15) is 4.79 Å². The maximum absolute atomic E-state index is 11.5. The van der Waals surface area contributed by atoms with E-state index in [1.54, 1.807) is 18.2 Å². The first-order chi connectivity index (χ1) is 7.81. The summed E-state index contributed by atoms with van der Waals surface area (Å²) in [6.07, 6.45) is -0.691. The van der Waals surface area contributed by atoms with Gasteiger partial charge in [0.1, 0.15) is 13.2 Å². The Morgan fingerprint density at radius 3 is 3.00 bits per heavy atom. The lowest BCUT2D eigenvalue weighted by Crippen LogP contribution is -2.44. The first-order valence-corrected chi connectivity index (χ1v) is 4.84. The second-order valence-electron chi connectivity index (χ2n) is 3.24. The normalized spacial score (nSPS) is 17.3. The van der Waals surface area contributed by atoms with Crippen molar-refractivity contribution in [3.05, 3.63) is 24.3 Å². The molecule has 0 bridgehead atoms. The summed E-state index contributed by atoms with van der Waals surface area (Å²) in [5.74, 6) is 0.841. The minimum atomic E-state index is -0.691. The number of hydrogen-bond donors (Lipinski definition) is 1. The lowest BCUT2D eigenvalue weighted by atomic mass is 10.2. The molecule has 1 aromatic carbocycles. The maximum atomic E-state index is 11.5. The van der Waals surface area contributed by atoms with E-state index < -0.39 is 6.10 Å². The number of ether oxygens (including phenoxy) is 2. The molecule has 5 heteroatoms. The standard InChI is InChI=1S/C11H10N2O3/c12-5-6-13-11(14)10-7-15-8-3-1-2-4-9(8)16-10/h1-4,10H,6-7H2,(H,13,14). The fourth-order valence-corrected chi connectivity index (χ4v) is 1.39. The van der Waals surface area contributed by atoms with Crippen molar-refractivity contribution in [2.75, 3.05) is 13.2 Å². The molecule has 0 spiro atoms. The number of hydrogen-bond acceptors (Lipinski definition) is 4. The molecule has 82 valence electrons. The lowest BCUT2D eigenvalue weighted by Gasteiger charge is -2.25. The van der Waals surface area contributed by atoms with Crippen molar-refractivity contribution in [3.63, 3.8) is 0 Å². The van der Waals surface area contributed by atoms with E-state index in [1.165, 1.54) is 0 Å². The number of para-hydroxylation sites is 2. The monoisotopic (exact) mass is 218 g/mol. The number of nitriles is 1. The van der Waals surface area contributed by atoms with Crippen molar-refractivity contribution in [2.24, 2.45) is 0 Å². The van der Waals surface area contributed by atoms with Gasteiger partial charge in [0.15, 0.2) is 11.5 Å². The predicted molar refractivity (Wildman–Crippen MR) is 55.0 cm³/mol. The molecule has 1 amide bonds. The van der Waals surface area contributed by atoms with Crippen molar-refractivity contribution in [1.82, 2.24) is 5.32 Å². The van der Waals surface area contributed by atoms with Crippen molar-refractivity contribution >= 4 is 5.91 Å². The number of amides is 1. The molecule has 1 aliphatic heterocycles. The average molecular weight is 218 g/mol. The number of carbonyl (C=O) groups excluding carboxylic acids is 1. The highest BCUT2D eigenvalue weighted by atomic mass is 16.6. The number of fused-ring (bicyclic) bond motifs is 1. The summed E-state index contributed by atoms with van der Waals surface area (Å²) in [6.45, 7) is 0.134. The highest BCUT2D eigenvalue weighted by Crippen LogP contribution is 2.30. The zero-order valence-corrected chi connectivity index (χ0v) is 8.47. The van der Waals surface area contributed by atoms with Crippen LogP contribution in [0.1, 0.15) is 0 Å². The molecule has 5 nitrogen and oxygen atoms in total. The van der Waals surface area contributed by atoms with Crippen LogP contribution in [-0.2, 0) is 4.79 Å². The largest absolute Gasteiger partial charge is 0.485 e. The molecule has 0 aromatic heterocycles. The van der Waals surface area contributed by atoms with Gasteiger partial charge in [-0.2, -0.15) is 5.26 Å². The van der Waals surface area contributed by atoms with E-state index in [2.05, 4.69) is 5.32 Å². The number of nitrogens with zero attached hydrogens (tertiary/aromatic N) is 1. The van der Waals surface area contributed by atoms with Crippen LogP contribution in [0, 0.1) is 11.3 Å². The third-order valence-corrected chi connectivity index (χ3v) is 2.14. The molecule has 0 aliphatic carbocycles. The molecule has 1 aromatic rings. The average Bonchev–Trinajstić information content (AvgIpc) is 2.35. The first kappa shape index (κ1) is 10.3. The van der Waals surface area contributed by atoms with Crippen LogP contribution in [0.2, 0.25) is 0 Å². The predicted octanol–water partition coefficient (Wildman–Crippen LogP) is 0.466. The van der Waals surface area contributed by atoms with E-state index in [0.717, 1.165) is 0 Å². The number of nitrogens with one attached hydrogen (secondary N) is 1. The Bertz CT molecular complexity index is 439. The summed E-state index contributed by atoms with van der Waals surface area (Å²) >= 11 is 0. The minimum Gasteiger partial charge on any atom is -0.485 e. The van der Waals surface area contributed by atoms with Gasteiger partial charge in [0.05, 0.1) is 6.07 Å². The van der Waals surface area contributed by atoms with Gasteiger partial charge in [0.25, 0.3) is 5.91 Å². The van der Waals surface area contributed by atoms with Gasteiger partial charge in [-0.25, -0.2) is 0 Å². The molecule has 1 atom stereocenters. The van der Waals surface area contributed by atoms with Crippen LogP contribution in [0.25, 0.3) is 0 Å². The Morgan fingerprint density at radius 2 is 2.25 bits per heavy atom. The topological polar surface area (TPSA) is 71.4 Å². The zero-order valence-electron chi connectivity index (χ0n) is 8.47. The Balaban J connectivity index is 2.03. The summed E-state index contributed by atoms with van der Waals surface area (Å²) in [5.41, 5.74) is 0. The van der Waals surface area contributed by atoms with Crippen molar-refractivity contribution in [2.45, 2.75) is 6.10 Å². The summed E-state index contributed by atoms with van der Waals surface area (Å²) in [7, 11) is 0. The Labute approximate surface area is 92.6 Å². The summed E-state index contributed by atoms with van der Waals surface area (Å²) in [4.78, 5) is 11.5. The van der Waals surface area contributed by atoms with E-state index in [-0.39, 0.29) is 19.1 Å². The summed E-state index contributed by atoms with van der Waals surface area (Å²) < 4.78 is 10.8. The summed E-state index contributed by atoms with van der Waals surface area (Å²) in [6, 6.07) is 8.98.